The summed E-state index contributed by atoms with van der Waals surface area (Å²) in [5.41, 5.74) is 8.30. The van der Waals surface area contributed by atoms with Crippen LogP contribution in [0.4, 0.5) is 5.95 Å². The van der Waals surface area contributed by atoms with E-state index >= 15 is 0 Å². The standard InChI is InChI=1S/C19H24N6OS.ClH/c1-23-17(26)15-16(22-19(23)27-2)21-18(24-10-6-9-14(20)12-24)25(15)11-13-7-4-3-5-8-13;/h3-5,7-8,14H,6,9-12,20H2,1-2H3;1H. The van der Waals surface area contributed by atoms with Gasteiger partial charge in [0, 0.05) is 26.2 Å². The van der Waals surface area contributed by atoms with Gasteiger partial charge in [-0.15, -0.1) is 12.4 Å². The fourth-order valence-electron chi connectivity index (χ4n) is 3.66. The van der Waals surface area contributed by atoms with Gasteiger partial charge in [0.15, 0.2) is 16.3 Å². The number of anilines is 1. The SMILES string of the molecule is CSc1nc2nc(N3CCCC(N)C3)n(Cc3ccccc3)c2c(=O)n1C.Cl. The van der Waals surface area contributed by atoms with E-state index < -0.39 is 0 Å². The zero-order chi connectivity index (χ0) is 19.0. The Kier molecular flexibility index (Phi) is 6.32. The van der Waals surface area contributed by atoms with E-state index in [4.69, 9.17) is 10.7 Å². The van der Waals surface area contributed by atoms with E-state index in [2.05, 4.69) is 22.0 Å². The molecule has 1 unspecified atom stereocenters. The number of fused-ring (bicyclic) bond motifs is 1. The Labute approximate surface area is 174 Å². The molecule has 28 heavy (non-hydrogen) atoms. The van der Waals surface area contributed by atoms with E-state index in [1.807, 2.05) is 29.0 Å². The fraction of sp³-hybridized carbons (Fsp3) is 0.421. The fourth-order valence-corrected chi connectivity index (χ4v) is 4.20. The van der Waals surface area contributed by atoms with Gasteiger partial charge in [-0.3, -0.25) is 13.9 Å². The van der Waals surface area contributed by atoms with Crippen LogP contribution in [0, 0.1) is 0 Å². The second-order valence-electron chi connectivity index (χ2n) is 6.97. The molecule has 0 bridgehead atoms. The van der Waals surface area contributed by atoms with E-state index in [9.17, 15) is 4.79 Å². The smallest absolute Gasteiger partial charge is 0.280 e. The van der Waals surface area contributed by atoms with E-state index in [0.717, 1.165) is 37.4 Å². The first-order chi connectivity index (χ1) is 13.1. The zero-order valence-corrected chi connectivity index (χ0v) is 17.7. The summed E-state index contributed by atoms with van der Waals surface area (Å²) in [7, 11) is 1.76. The van der Waals surface area contributed by atoms with Crippen molar-refractivity contribution in [1.82, 2.24) is 19.1 Å². The van der Waals surface area contributed by atoms with Gasteiger partial charge >= 0.3 is 0 Å². The molecule has 1 aliphatic rings. The van der Waals surface area contributed by atoms with Crippen LogP contribution >= 0.6 is 24.2 Å². The van der Waals surface area contributed by atoms with Crippen molar-refractivity contribution in [3.63, 3.8) is 0 Å². The van der Waals surface area contributed by atoms with Crippen molar-refractivity contribution in [2.24, 2.45) is 12.8 Å². The van der Waals surface area contributed by atoms with Crippen LogP contribution in [-0.4, -0.2) is 44.5 Å². The molecule has 0 saturated carbocycles. The van der Waals surface area contributed by atoms with Gasteiger partial charge in [0.05, 0.1) is 6.54 Å². The van der Waals surface area contributed by atoms with Crippen LogP contribution in [0.1, 0.15) is 18.4 Å². The lowest BCUT2D eigenvalue weighted by Crippen LogP contribution is -2.44. The summed E-state index contributed by atoms with van der Waals surface area (Å²) in [6, 6.07) is 10.3. The zero-order valence-electron chi connectivity index (χ0n) is 16.0. The highest BCUT2D eigenvalue weighted by Gasteiger charge is 2.25. The first-order valence-corrected chi connectivity index (χ1v) is 10.4. The number of halogens is 1. The highest BCUT2D eigenvalue weighted by Crippen LogP contribution is 2.25. The Morgan fingerprint density at radius 3 is 2.68 bits per heavy atom. The molecule has 3 heterocycles. The number of thioether (sulfide) groups is 1. The highest BCUT2D eigenvalue weighted by molar-refractivity contribution is 7.98. The molecular weight excluding hydrogens is 396 g/mol. The van der Waals surface area contributed by atoms with Crippen molar-refractivity contribution in [2.45, 2.75) is 30.6 Å². The number of hydrogen-bond donors (Lipinski definition) is 1. The third-order valence-electron chi connectivity index (χ3n) is 5.03. The third kappa shape index (κ3) is 3.76. The van der Waals surface area contributed by atoms with Gasteiger partial charge in [0.2, 0.25) is 5.95 Å². The predicted octanol–water partition coefficient (Wildman–Crippen LogP) is 2.25. The maximum absolute atomic E-state index is 13.1. The van der Waals surface area contributed by atoms with E-state index in [0.29, 0.717) is 22.9 Å². The topological polar surface area (TPSA) is 82.0 Å². The summed E-state index contributed by atoms with van der Waals surface area (Å²) in [6.45, 7) is 2.21. The predicted molar refractivity (Wildman–Crippen MR) is 117 cm³/mol. The third-order valence-corrected chi connectivity index (χ3v) is 5.76. The average molecular weight is 421 g/mol. The number of rotatable bonds is 4. The van der Waals surface area contributed by atoms with Gasteiger partial charge in [0.1, 0.15) is 0 Å². The summed E-state index contributed by atoms with van der Waals surface area (Å²) in [5, 5.41) is 0.666. The van der Waals surface area contributed by atoms with Gasteiger partial charge in [-0.05, 0) is 24.7 Å². The molecule has 7 nitrogen and oxygen atoms in total. The molecule has 0 radical (unpaired) electrons. The van der Waals surface area contributed by atoms with Crippen LogP contribution in [0.3, 0.4) is 0 Å². The van der Waals surface area contributed by atoms with E-state index in [-0.39, 0.29) is 24.0 Å². The number of benzene rings is 1. The lowest BCUT2D eigenvalue weighted by atomic mass is 10.1. The largest absolute Gasteiger partial charge is 0.341 e. The van der Waals surface area contributed by atoms with Crippen LogP contribution < -0.4 is 16.2 Å². The van der Waals surface area contributed by atoms with Crippen molar-refractivity contribution >= 4 is 41.3 Å². The monoisotopic (exact) mass is 420 g/mol. The van der Waals surface area contributed by atoms with Crippen LogP contribution in [-0.2, 0) is 13.6 Å². The van der Waals surface area contributed by atoms with Gasteiger partial charge in [-0.2, -0.15) is 4.98 Å². The van der Waals surface area contributed by atoms with Crippen molar-refractivity contribution in [3.8, 4) is 0 Å². The van der Waals surface area contributed by atoms with Crippen LogP contribution in [0.2, 0.25) is 0 Å². The van der Waals surface area contributed by atoms with Crippen molar-refractivity contribution in [2.75, 3.05) is 24.2 Å². The molecule has 150 valence electrons. The number of aromatic nitrogens is 4. The highest BCUT2D eigenvalue weighted by atomic mass is 35.5. The number of nitrogens with zero attached hydrogens (tertiary/aromatic N) is 5. The minimum atomic E-state index is -0.0691. The Balaban J connectivity index is 0.00000225. The molecule has 1 saturated heterocycles. The number of nitrogens with two attached hydrogens (primary N) is 1. The number of imidazole rings is 1. The lowest BCUT2D eigenvalue weighted by Gasteiger charge is -2.31. The van der Waals surface area contributed by atoms with E-state index in [1.54, 1.807) is 11.6 Å². The quantitative estimate of drug-likeness (QED) is 0.515. The molecule has 0 aliphatic carbocycles. The Morgan fingerprint density at radius 1 is 1.25 bits per heavy atom. The van der Waals surface area contributed by atoms with Crippen molar-refractivity contribution in [3.05, 3.63) is 46.2 Å². The molecule has 1 aliphatic heterocycles. The number of hydrogen-bond acceptors (Lipinski definition) is 6. The maximum Gasteiger partial charge on any atom is 0.280 e. The molecule has 2 N–H and O–H groups in total. The molecule has 1 fully saturated rings. The maximum atomic E-state index is 13.1. The summed E-state index contributed by atoms with van der Waals surface area (Å²) < 4.78 is 3.60. The van der Waals surface area contributed by atoms with Crippen molar-refractivity contribution < 1.29 is 0 Å². The molecule has 0 amide bonds. The van der Waals surface area contributed by atoms with Crippen molar-refractivity contribution in [1.29, 1.82) is 0 Å². The Bertz CT molecular complexity index is 1020. The Hall–Kier alpha value is -2.03. The summed E-state index contributed by atoms with van der Waals surface area (Å²) >= 11 is 1.45. The molecule has 9 heteroatoms. The van der Waals surface area contributed by atoms with Gasteiger partial charge in [0.25, 0.3) is 5.56 Å². The lowest BCUT2D eigenvalue weighted by molar-refractivity contribution is 0.495. The second-order valence-corrected chi connectivity index (χ2v) is 7.74. The first kappa shape index (κ1) is 20.7. The average Bonchev–Trinajstić information content (AvgIpc) is 3.04. The number of piperidine rings is 1. The van der Waals surface area contributed by atoms with Gasteiger partial charge < -0.3 is 10.6 Å². The first-order valence-electron chi connectivity index (χ1n) is 9.14. The van der Waals surface area contributed by atoms with Crippen LogP contribution in [0.5, 0.6) is 0 Å². The van der Waals surface area contributed by atoms with E-state index in [1.165, 1.54) is 11.8 Å². The Morgan fingerprint density at radius 2 is 2.00 bits per heavy atom. The van der Waals surface area contributed by atoms with Crippen LogP contribution in [0.15, 0.2) is 40.3 Å². The van der Waals surface area contributed by atoms with Gasteiger partial charge in [-0.1, -0.05) is 42.1 Å². The summed E-state index contributed by atoms with van der Waals surface area (Å²) in [5.74, 6) is 0.784. The second kappa shape index (κ2) is 8.55. The normalized spacial score (nSPS) is 17.0. The minimum Gasteiger partial charge on any atom is -0.341 e. The molecular formula is C19H25ClN6OS. The molecule has 0 spiro atoms. The van der Waals surface area contributed by atoms with Gasteiger partial charge in [-0.25, -0.2) is 4.98 Å². The molecule has 1 aromatic carbocycles. The minimum absolute atomic E-state index is 0. The summed E-state index contributed by atoms with van der Waals surface area (Å²) in [6.07, 6.45) is 3.96. The summed E-state index contributed by atoms with van der Waals surface area (Å²) in [4.78, 5) is 24.7. The molecule has 3 aromatic rings. The van der Waals surface area contributed by atoms with Crippen LogP contribution in [0.25, 0.3) is 11.2 Å². The molecule has 1 atom stereocenters. The molecule has 4 rings (SSSR count). The molecule has 2 aromatic heterocycles.